The minimum Gasteiger partial charge on any atom is -0.315 e. The van der Waals surface area contributed by atoms with Gasteiger partial charge in [-0.2, -0.15) is 0 Å². The van der Waals surface area contributed by atoms with Crippen molar-refractivity contribution in [3.8, 4) is 0 Å². The van der Waals surface area contributed by atoms with Crippen LogP contribution in [0.15, 0.2) is 24.5 Å². The molecule has 0 aromatic carbocycles. The molecule has 0 N–H and O–H groups in total. The molecule has 0 fully saturated rings. The Kier molecular flexibility index (Phi) is 3.35. The van der Waals surface area contributed by atoms with Gasteiger partial charge in [-0.05, 0) is 30.5 Å². The molecule has 0 unspecified atom stereocenters. The number of fused-ring (bicyclic) bond motifs is 1. The fourth-order valence-electron chi connectivity index (χ4n) is 2.54. The summed E-state index contributed by atoms with van der Waals surface area (Å²) in [6, 6.07) is 4.09. The van der Waals surface area contributed by atoms with Gasteiger partial charge in [-0.15, -0.1) is 10.2 Å². The van der Waals surface area contributed by atoms with Gasteiger partial charge in [-0.3, -0.25) is 4.98 Å². The molecule has 0 saturated carbocycles. The van der Waals surface area contributed by atoms with Crippen molar-refractivity contribution in [2.45, 2.75) is 45.1 Å². The molecule has 0 aliphatic carbocycles. The van der Waals surface area contributed by atoms with Gasteiger partial charge < -0.3 is 4.57 Å². The minimum atomic E-state index is 0.857. The Balaban J connectivity index is 1.84. The van der Waals surface area contributed by atoms with E-state index in [1.54, 1.807) is 0 Å². The van der Waals surface area contributed by atoms with Gasteiger partial charge >= 0.3 is 0 Å². The molecule has 18 heavy (non-hydrogen) atoms. The van der Waals surface area contributed by atoms with Crippen LogP contribution >= 0.6 is 0 Å². The standard InChI is InChI=1S/C14H18N4/c1-2-4-10-18-13(5-3-1)16-17-14(18)11-12-6-8-15-9-7-12/h6-9H,1-5,10-11H2. The molecule has 94 valence electrons. The number of hydrogen-bond donors (Lipinski definition) is 0. The molecule has 4 nitrogen and oxygen atoms in total. The summed E-state index contributed by atoms with van der Waals surface area (Å²) >= 11 is 0. The molecule has 2 aromatic rings. The van der Waals surface area contributed by atoms with Crippen LogP contribution in [-0.4, -0.2) is 19.7 Å². The molecule has 3 heterocycles. The van der Waals surface area contributed by atoms with Crippen LogP contribution in [0.2, 0.25) is 0 Å². The first kappa shape index (κ1) is 11.4. The number of hydrogen-bond acceptors (Lipinski definition) is 3. The topological polar surface area (TPSA) is 43.6 Å². The van der Waals surface area contributed by atoms with Gasteiger partial charge in [0.15, 0.2) is 0 Å². The van der Waals surface area contributed by atoms with E-state index >= 15 is 0 Å². The molecule has 0 saturated heterocycles. The van der Waals surface area contributed by atoms with Crippen LogP contribution in [0.4, 0.5) is 0 Å². The van der Waals surface area contributed by atoms with Crippen molar-refractivity contribution in [2.24, 2.45) is 0 Å². The fourth-order valence-corrected chi connectivity index (χ4v) is 2.54. The molecule has 0 amide bonds. The summed E-state index contributed by atoms with van der Waals surface area (Å²) in [4.78, 5) is 4.05. The summed E-state index contributed by atoms with van der Waals surface area (Å²) in [7, 11) is 0. The van der Waals surface area contributed by atoms with E-state index < -0.39 is 0 Å². The Hall–Kier alpha value is -1.71. The molecule has 1 aliphatic heterocycles. The number of pyridine rings is 1. The Bertz CT molecular complexity index is 504. The fraction of sp³-hybridized carbons (Fsp3) is 0.500. The monoisotopic (exact) mass is 242 g/mol. The van der Waals surface area contributed by atoms with Crippen molar-refractivity contribution < 1.29 is 0 Å². The van der Waals surface area contributed by atoms with E-state index in [-0.39, 0.29) is 0 Å². The van der Waals surface area contributed by atoms with Gasteiger partial charge in [0, 0.05) is 31.8 Å². The second-order valence-electron chi connectivity index (χ2n) is 4.88. The molecular formula is C14H18N4. The van der Waals surface area contributed by atoms with Crippen LogP contribution < -0.4 is 0 Å². The largest absolute Gasteiger partial charge is 0.315 e. The van der Waals surface area contributed by atoms with Gasteiger partial charge in [-0.25, -0.2) is 0 Å². The first-order chi connectivity index (χ1) is 8.93. The van der Waals surface area contributed by atoms with Crippen molar-refractivity contribution in [2.75, 3.05) is 0 Å². The summed E-state index contributed by atoms with van der Waals surface area (Å²) in [6.45, 7) is 1.07. The Labute approximate surface area is 107 Å². The lowest BCUT2D eigenvalue weighted by Gasteiger charge is -2.13. The molecule has 4 heteroatoms. The summed E-state index contributed by atoms with van der Waals surface area (Å²) in [5, 5.41) is 8.72. The maximum absolute atomic E-state index is 4.37. The highest BCUT2D eigenvalue weighted by Crippen LogP contribution is 2.16. The molecule has 0 spiro atoms. The highest BCUT2D eigenvalue weighted by Gasteiger charge is 2.13. The lowest BCUT2D eigenvalue weighted by molar-refractivity contribution is 0.507. The highest BCUT2D eigenvalue weighted by molar-refractivity contribution is 5.16. The third kappa shape index (κ3) is 2.42. The van der Waals surface area contributed by atoms with Crippen LogP contribution in [0.1, 0.15) is 42.9 Å². The first-order valence-corrected chi connectivity index (χ1v) is 6.73. The third-order valence-corrected chi connectivity index (χ3v) is 3.55. The average Bonchev–Trinajstić information content (AvgIpc) is 2.72. The zero-order valence-electron chi connectivity index (χ0n) is 10.5. The Morgan fingerprint density at radius 1 is 1.00 bits per heavy atom. The van der Waals surface area contributed by atoms with Crippen LogP contribution in [-0.2, 0) is 19.4 Å². The van der Waals surface area contributed by atoms with Gasteiger partial charge in [0.2, 0.25) is 0 Å². The first-order valence-electron chi connectivity index (χ1n) is 6.73. The Morgan fingerprint density at radius 2 is 1.83 bits per heavy atom. The summed E-state index contributed by atoms with van der Waals surface area (Å²) in [5.74, 6) is 2.26. The van der Waals surface area contributed by atoms with E-state index in [1.807, 2.05) is 24.5 Å². The zero-order valence-corrected chi connectivity index (χ0v) is 10.5. The normalized spacial score (nSPS) is 15.8. The second-order valence-corrected chi connectivity index (χ2v) is 4.88. The molecule has 0 bridgehead atoms. The lowest BCUT2D eigenvalue weighted by atomic mass is 10.1. The summed E-state index contributed by atoms with van der Waals surface area (Å²) in [5.41, 5.74) is 1.25. The molecule has 1 aliphatic rings. The third-order valence-electron chi connectivity index (χ3n) is 3.55. The van der Waals surface area contributed by atoms with E-state index in [2.05, 4.69) is 19.7 Å². The lowest BCUT2D eigenvalue weighted by Crippen LogP contribution is -2.11. The van der Waals surface area contributed by atoms with E-state index in [0.29, 0.717) is 0 Å². The van der Waals surface area contributed by atoms with Gasteiger partial charge in [-0.1, -0.05) is 12.8 Å². The Morgan fingerprint density at radius 3 is 2.72 bits per heavy atom. The molecule has 0 radical (unpaired) electrons. The van der Waals surface area contributed by atoms with E-state index in [9.17, 15) is 0 Å². The van der Waals surface area contributed by atoms with Gasteiger partial charge in [0.25, 0.3) is 0 Å². The predicted octanol–water partition coefficient (Wildman–Crippen LogP) is 2.38. The van der Waals surface area contributed by atoms with E-state index in [0.717, 1.165) is 25.2 Å². The quantitative estimate of drug-likeness (QED) is 0.812. The van der Waals surface area contributed by atoms with Crippen LogP contribution in [0.5, 0.6) is 0 Å². The zero-order chi connectivity index (χ0) is 12.2. The second kappa shape index (κ2) is 5.29. The smallest absolute Gasteiger partial charge is 0.137 e. The number of aromatic nitrogens is 4. The highest BCUT2D eigenvalue weighted by atomic mass is 15.3. The maximum Gasteiger partial charge on any atom is 0.137 e. The molecular weight excluding hydrogens is 224 g/mol. The summed E-state index contributed by atoms with van der Waals surface area (Å²) < 4.78 is 2.32. The van der Waals surface area contributed by atoms with Gasteiger partial charge in [0.1, 0.15) is 11.6 Å². The predicted molar refractivity (Wildman–Crippen MR) is 69.2 cm³/mol. The number of aryl methyl sites for hydroxylation is 1. The minimum absolute atomic E-state index is 0.857. The SMILES string of the molecule is c1cc(Cc2nnc3n2CCCCCC3)ccn1. The molecule has 2 aromatic heterocycles. The van der Waals surface area contributed by atoms with Crippen molar-refractivity contribution in [1.82, 2.24) is 19.7 Å². The van der Waals surface area contributed by atoms with Crippen molar-refractivity contribution in [3.63, 3.8) is 0 Å². The maximum atomic E-state index is 4.37. The van der Waals surface area contributed by atoms with Gasteiger partial charge in [0.05, 0.1) is 0 Å². The average molecular weight is 242 g/mol. The van der Waals surface area contributed by atoms with E-state index in [1.165, 1.54) is 37.1 Å². The molecule has 0 atom stereocenters. The van der Waals surface area contributed by atoms with Crippen LogP contribution in [0.25, 0.3) is 0 Å². The van der Waals surface area contributed by atoms with Crippen molar-refractivity contribution in [1.29, 1.82) is 0 Å². The summed E-state index contributed by atoms with van der Waals surface area (Å²) in [6.07, 6.45) is 10.7. The number of rotatable bonds is 2. The number of nitrogens with zero attached hydrogens (tertiary/aromatic N) is 4. The van der Waals surface area contributed by atoms with Crippen LogP contribution in [0.3, 0.4) is 0 Å². The van der Waals surface area contributed by atoms with Crippen LogP contribution in [0, 0.1) is 0 Å². The van der Waals surface area contributed by atoms with E-state index in [4.69, 9.17) is 0 Å². The molecule has 3 rings (SSSR count). The van der Waals surface area contributed by atoms with Crippen molar-refractivity contribution in [3.05, 3.63) is 41.7 Å². The van der Waals surface area contributed by atoms with Crippen molar-refractivity contribution >= 4 is 0 Å².